The largest absolute Gasteiger partial charge is 0.468 e. The van der Waals surface area contributed by atoms with Crippen LogP contribution in [0, 0.1) is 0 Å². The van der Waals surface area contributed by atoms with E-state index in [-0.39, 0.29) is 12.5 Å². The van der Waals surface area contributed by atoms with E-state index in [9.17, 15) is 4.79 Å². The lowest BCUT2D eigenvalue weighted by Gasteiger charge is -2.10. The molecule has 0 aliphatic carbocycles. The van der Waals surface area contributed by atoms with Gasteiger partial charge in [0.25, 0.3) is 0 Å². The second kappa shape index (κ2) is 3.20. The molecule has 1 heterocycles. The summed E-state index contributed by atoms with van der Waals surface area (Å²) >= 11 is 0. The molecule has 0 unspecified atom stereocenters. The fourth-order valence-electron chi connectivity index (χ4n) is 0.771. The number of hydrazone groups is 1. The minimum absolute atomic E-state index is 0.237. The van der Waals surface area contributed by atoms with Crippen molar-refractivity contribution in [3.05, 3.63) is 0 Å². The van der Waals surface area contributed by atoms with Gasteiger partial charge in [0.05, 0.1) is 7.11 Å². The van der Waals surface area contributed by atoms with Gasteiger partial charge in [-0.05, 0) is 0 Å². The molecule has 1 aliphatic rings. The molecule has 1 rings (SSSR count). The third-order valence-corrected chi connectivity index (χ3v) is 1.30. The highest BCUT2D eigenvalue weighted by atomic mass is 16.5. The molecule has 0 bridgehead atoms. The highest BCUT2D eigenvalue weighted by Gasteiger charge is 2.09. The number of hydrogen-bond donors (Lipinski definition) is 0. The average Bonchev–Trinajstić information content (AvgIpc) is 2.40. The van der Waals surface area contributed by atoms with Crippen LogP contribution in [0.25, 0.3) is 0 Å². The van der Waals surface area contributed by atoms with Crippen LogP contribution < -0.4 is 0 Å². The van der Waals surface area contributed by atoms with Gasteiger partial charge in [-0.2, -0.15) is 5.10 Å². The molecule has 4 heteroatoms. The quantitative estimate of drug-likeness (QED) is 0.503. The molecular formula is C6H10N2O2. The molecule has 0 fully saturated rings. The maximum absolute atomic E-state index is 10.6. The Hall–Kier alpha value is -1.06. The van der Waals surface area contributed by atoms with Crippen molar-refractivity contribution in [1.29, 1.82) is 0 Å². The number of carbonyl (C=O) groups is 1. The van der Waals surface area contributed by atoms with Gasteiger partial charge in [0.15, 0.2) is 0 Å². The predicted octanol–water partition coefficient (Wildman–Crippen LogP) is -0.149. The summed E-state index contributed by atoms with van der Waals surface area (Å²) in [4.78, 5) is 10.6. The summed E-state index contributed by atoms with van der Waals surface area (Å²) in [5.74, 6) is -0.237. The van der Waals surface area contributed by atoms with Crippen molar-refractivity contribution in [2.24, 2.45) is 5.10 Å². The maximum Gasteiger partial charge on any atom is 0.327 e. The Labute approximate surface area is 59.5 Å². The van der Waals surface area contributed by atoms with Crippen LogP contribution in [0.4, 0.5) is 0 Å². The molecule has 0 aromatic rings. The molecule has 56 valence electrons. The lowest BCUT2D eigenvalue weighted by atomic mass is 10.5. The average molecular weight is 142 g/mol. The SMILES string of the molecule is COC(=O)CN1CCC=N1. The first-order valence-electron chi connectivity index (χ1n) is 3.17. The summed E-state index contributed by atoms with van der Waals surface area (Å²) in [6.07, 6.45) is 2.72. The van der Waals surface area contributed by atoms with Crippen molar-refractivity contribution < 1.29 is 9.53 Å². The topological polar surface area (TPSA) is 41.9 Å². The third-order valence-electron chi connectivity index (χ3n) is 1.30. The van der Waals surface area contributed by atoms with E-state index in [4.69, 9.17) is 0 Å². The van der Waals surface area contributed by atoms with Gasteiger partial charge in [-0.25, -0.2) is 0 Å². The Balaban J connectivity index is 2.24. The van der Waals surface area contributed by atoms with Gasteiger partial charge in [-0.15, -0.1) is 0 Å². The smallest absolute Gasteiger partial charge is 0.327 e. The fraction of sp³-hybridized carbons (Fsp3) is 0.667. The number of hydrogen-bond acceptors (Lipinski definition) is 4. The van der Waals surface area contributed by atoms with Crippen LogP contribution in [0.2, 0.25) is 0 Å². The summed E-state index contributed by atoms with van der Waals surface area (Å²) in [6.45, 7) is 1.10. The molecule has 1 aliphatic heterocycles. The molecule has 4 nitrogen and oxygen atoms in total. The van der Waals surface area contributed by atoms with Crippen molar-refractivity contribution in [3.63, 3.8) is 0 Å². The van der Waals surface area contributed by atoms with Crippen LogP contribution in [-0.4, -0.2) is 37.4 Å². The van der Waals surface area contributed by atoms with E-state index in [1.165, 1.54) is 7.11 Å². The first kappa shape index (κ1) is 7.05. The van der Waals surface area contributed by atoms with Gasteiger partial charge in [0.2, 0.25) is 0 Å². The number of carbonyl (C=O) groups excluding carboxylic acids is 1. The van der Waals surface area contributed by atoms with Crippen molar-refractivity contribution in [3.8, 4) is 0 Å². The summed E-state index contributed by atoms with van der Waals surface area (Å²) in [6, 6.07) is 0. The molecule has 10 heavy (non-hydrogen) atoms. The van der Waals surface area contributed by atoms with E-state index in [1.807, 2.05) is 0 Å². The van der Waals surface area contributed by atoms with E-state index < -0.39 is 0 Å². The minimum atomic E-state index is -0.237. The number of ether oxygens (including phenoxy) is 1. The number of methoxy groups -OCH3 is 1. The summed E-state index contributed by atoms with van der Waals surface area (Å²) in [5, 5.41) is 5.62. The molecule has 0 N–H and O–H groups in total. The monoisotopic (exact) mass is 142 g/mol. The second-order valence-electron chi connectivity index (χ2n) is 2.05. The fourth-order valence-corrected chi connectivity index (χ4v) is 0.771. The van der Waals surface area contributed by atoms with E-state index in [2.05, 4.69) is 9.84 Å². The number of nitrogens with zero attached hydrogens (tertiary/aromatic N) is 2. The van der Waals surface area contributed by atoms with Crippen LogP contribution in [0.5, 0.6) is 0 Å². The van der Waals surface area contributed by atoms with Crippen molar-refractivity contribution in [2.75, 3.05) is 20.2 Å². The first-order chi connectivity index (χ1) is 4.83. The molecular weight excluding hydrogens is 132 g/mol. The van der Waals surface area contributed by atoms with Crippen LogP contribution in [-0.2, 0) is 9.53 Å². The molecule has 0 aromatic heterocycles. The van der Waals surface area contributed by atoms with Crippen LogP contribution in [0.15, 0.2) is 5.10 Å². The Kier molecular flexibility index (Phi) is 2.25. The van der Waals surface area contributed by atoms with E-state index in [0.29, 0.717) is 0 Å². The molecule has 0 aromatic carbocycles. The van der Waals surface area contributed by atoms with E-state index >= 15 is 0 Å². The molecule has 0 atom stereocenters. The van der Waals surface area contributed by atoms with Gasteiger partial charge in [0.1, 0.15) is 6.54 Å². The lowest BCUT2D eigenvalue weighted by molar-refractivity contribution is -0.141. The molecule has 0 radical (unpaired) electrons. The highest BCUT2D eigenvalue weighted by Crippen LogP contribution is 1.98. The zero-order valence-electron chi connectivity index (χ0n) is 5.91. The van der Waals surface area contributed by atoms with Crippen molar-refractivity contribution >= 4 is 12.2 Å². The highest BCUT2D eigenvalue weighted by molar-refractivity contribution is 5.72. The zero-order valence-corrected chi connectivity index (χ0v) is 5.91. The number of esters is 1. The predicted molar refractivity (Wildman–Crippen MR) is 36.7 cm³/mol. The molecule has 0 saturated heterocycles. The van der Waals surface area contributed by atoms with E-state index in [0.717, 1.165) is 13.0 Å². The Morgan fingerprint density at radius 2 is 2.70 bits per heavy atom. The van der Waals surface area contributed by atoms with Gasteiger partial charge in [-0.3, -0.25) is 9.80 Å². The maximum atomic E-state index is 10.6. The number of rotatable bonds is 2. The third kappa shape index (κ3) is 1.72. The van der Waals surface area contributed by atoms with E-state index in [1.54, 1.807) is 11.2 Å². The minimum Gasteiger partial charge on any atom is -0.468 e. The standard InChI is InChI=1S/C6H10N2O2/c1-10-6(9)5-8-4-2-3-7-8/h3H,2,4-5H2,1H3. The summed E-state index contributed by atoms with van der Waals surface area (Å²) in [7, 11) is 1.38. The summed E-state index contributed by atoms with van der Waals surface area (Å²) < 4.78 is 4.46. The van der Waals surface area contributed by atoms with Crippen LogP contribution in [0.1, 0.15) is 6.42 Å². The Morgan fingerprint density at radius 3 is 3.20 bits per heavy atom. The van der Waals surface area contributed by atoms with Gasteiger partial charge in [-0.1, -0.05) is 0 Å². The van der Waals surface area contributed by atoms with Gasteiger partial charge in [0, 0.05) is 19.2 Å². The normalized spacial score (nSPS) is 15.9. The Morgan fingerprint density at radius 1 is 1.90 bits per heavy atom. The van der Waals surface area contributed by atoms with Gasteiger partial charge < -0.3 is 4.74 Å². The lowest BCUT2D eigenvalue weighted by Crippen LogP contribution is -2.23. The molecule has 0 spiro atoms. The van der Waals surface area contributed by atoms with Crippen LogP contribution >= 0.6 is 0 Å². The van der Waals surface area contributed by atoms with Crippen molar-refractivity contribution in [2.45, 2.75) is 6.42 Å². The summed E-state index contributed by atoms with van der Waals surface area (Å²) in [5.41, 5.74) is 0. The van der Waals surface area contributed by atoms with Crippen molar-refractivity contribution in [1.82, 2.24) is 5.01 Å². The zero-order chi connectivity index (χ0) is 7.40. The van der Waals surface area contributed by atoms with Gasteiger partial charge >= 0.3 is 5.97 Å². The molecule has 0 saturated carbocycles. The second-order valence-corrected chi connectivity index (χ2v) is 2.05. The van der Waals surface area contributed by atoms with Crippen LogP contribution in [0.3, 0.4) is 0 Å². The molecule has 0 amide bonds. The first-order valence-corrected chi connectivity index (χ1v) is 3.17. The Bertz CT molecular complexity index is 156.